The summed E-state index contributed by atoms with van der Waals surface area (Å²) in [5.74, 6) is -0.683. The van der Waals surface area contributed by atoms with Gasteiger partial charge in [0.05, 0.1) is 31.6 Å². The van der Waals surface area contributed by atoms with Crippen molar-refractivity contribution in [2.75, 3.05) is 33.0 Å². The van der Waals surface area contributed by atoms with Gasteiger partial charge in [-0.2, -0.15) is 13.5 Å². The van der Waals surface area contributed by atoms with Crippen LogP contribution in [0.1, 0.15) is 27.3 Å². The zero-order chi connectivity index (χ0) is 24.9. The Morgan fingerprint density at radius 1 is 1.24 bits per heavy atom. The minimum absolute atomic E-state index is 0.0216. The minimum atomic E-state index is -3.78. The molecule has 0 radical (unpaired) electrons. The Labute approximate surface area is 195 Å². The number of rotatable bonds is 7. The molecule has 184 valence electrons. The molecule has 0 aliphatic carbocycles. The van der Waals surface area contributed by atoms with Crippen LogP contribution in [-0.4, -0.2) is 89.7 Å². The quantitative estimate of drug-likeness (QED) is 0.422. The Hall–Kier alpha value is -3.65. The van der Waals surface area contributed by atoms with Crippen molar-refractivity contribution in [1.82, 2.24) is 25.1 Å². The van der Waals surface area contributed by atoms with Crippen LogP contribution in [0.15, 0.2) is 30.3 Å². The molecule has 0 spiro atoms. The lowest BCUT2D eigenvalue weighted by atomic mass is 10.1. The standard InChI is InChI=1S/C20H25N5O8S/c1-23(18(26)17-15-12-24(19(27)28)9-8-16(15)21-22-17)25(10-11-33-34(2,30)31)20(29)32-13-14-6-4-3-5-7-14/h3-7H,8-13H2,1-2H3,(H,21,22)(H,27,28). The van der Waals surface area contributed by atoms with E-state index in [1.807, 2.05) is 6.07 Å². The predicted octanol–water partition coefficient (Wildman–Crippen LogP) is 1.05. The van der Waals surface area contributed by atoms with Crippen molar-refractivity contribution in [3.05, 3.63) is 52.8 Å². The highest BCUT2D eigenvalue weighted by molar-refractivity contribution is 7.85. The van der Waals surface area contributed by atoms with Crippen molar-refractivity contribution in [1.29, 1.82) is 0 Å². The number of carbonyl (C=O) groups excluding carboxylic acids is 2. The van der Waals surface area contributed by atoms with Gasteiger partial charge in [0.2, 0.25) is 0 Å². The molecule has 0 unspecified atom stereocenters. The minimum Gasteiger partial charge on any atom is -0.465 e. The first-order valence-electron chi connectivity index (χ1n) is 10.2. The Bertz CT molecular complexity index is 1150. The second kappa shape index (κ2) is 10.5. The molecule has 0 saturated carbocycles. The SMILES string of the molecule is CN(C(=O)c1[nH]nc2c1CN(C(=O)O)CC2)N(CCOS(C)(=O)=O)C(=O)OCc1ccccc1. The van der Waals surface area contributed by atoms with Crippen molar-refractivity contribution >= 4 is 28.2 Å². The molecule has 34 heavy (non-hydrogen) atoms. The molecule has 13 nitrogen and oxygen atoms in total. The van der Waals surface area contributed by atoms with Gasteiger partial charge in [-0.25, -0.2) is 19.6 Å². The molecule has 1 aliphatic rings. The first kappa shape index (κ1) is 25.0. The Morgan fingerprint density at radius 3 is 2.59 bits per heavy atom. The van der Waals surface area contributed by atoms with Crippen LogP contribution in [0.4, 0.5) is 9.59 Å². The van der Waals surface area contributed by atoms with Crippen LogP contribution >= 0.6 is 0 Å². The fraction of sp³-hybridized carbons (Fsp3) is 0.400. The third-order valence-electron chi connectivity index (χ3n) is 5.08. The Kier molecular flexibility index (Phi) is 7.73. The van der Waals surface area contributed by atoms with Gasteiger partial charge in [0.1, 0.15) is 12.3 Å². The van der Waals surface area contributed by atoms with Crippen LogP contribution in [0.5, 0.6) is 0 Å². The molecule has 0 fully saturated rings. The number of carboxylic acid groups (broad SMARTS) is 1. The number of fused-ring (bicyclic) bond motifs is 1. The molecule has 2 heterocycles. The van der Waals surface area contributed by atoms with Crippen LogP contribution in [-0.2, 0) is 38.6 Å². The van der Waals surface area contributed by atoms with Gasteiger partial charge < -0.3 is 14.7 Å². The maximum absolute atomic E-state index is 13.2. The molecule has 3 amide bonds. The van der Waals surface area contributed by atoms with Gasteiger partial charge in [0.15, 0.2) is 0 Å². The van der Waals surface area contributed by atoms with E-state index in [0.29, 0.717) is 23.2 Å². The molecule has 2 aromatic rings. The molecular formula is C20H25N5O8S. The van der Waals surface area contributed by atoms with Crippen molar-refractivity contribution in [3.8, 4) is 0 Å². The summed E-state index contributed by atoms with van der Waals surface area (Å²) in [4.78, 5) is 38.5. The van der Waals surface area contributed by atoms with E-state index < -0.39 is 34.8 Å². The van der Waals surface area contributed by atoms with Crippen LogP contribution in [0.3, 0.4) is 0 Å². The fourth-order valence-electron chi connectivity index (χ4n) is 3.33. The molecule has 1 aliphatic heterocycles. The van der Waals surface area contributed by atoms with E-state index in [1.165, 1.54) is 7.05 Å². The number of ether oxygens (including phenoxy) is 1. The first-order chi connectivity index (χ1) is 16.1. The molecule has 0 saturated heterocycles. The van der Waals surface area contributed by atoms with Crippen molar-refractivity contribution in [2.24, 2.45) is 0 Å². The van der Waals surface area contributed by atoms with Gasteiger partial charge in [0, 0.05) is 25.6 Å². The summed E-state index contributed by atoms with van der Waals surface area (Å²) in [7, 11) is -2.47. The highest BCUT2D eigenvalue weighted by atomic mass is 32.2. The number of carbonyl (C=O) groups is 3. The third-order valence-corrected chi connectivity index (χ3v) is 5.67. The summed E-state index contributed by atoms with van der Waals surface area (Å²) in [6, 6.07) is 8.87. The number of hydrazine groups is 1. The van der Waals surface area contributed by atoms with Crippen molar-refractivity contribution in [2.45, 2.75) is 19.6 Å². The fourth-order valence-corrected chi connectivity index (χ4v) is 3.71. The van der Waals surface area contributed by atoms with E-state index >= 15 is 0 Å². The summed E-state index contributed by atoms with van der Waals surface area (Å²) < 4.78 is 32.7. The Morgan fingerprint density at radius 2 is 1.94 bits per heavy atom. The lowest BCUT2D eigenvalue weighted by Crippen LogP contribution is -2.49. The number of amides is 3. The zero-order valence-corrected chi connectivity index (χ0v) is 19.4. The summed E-state index contributed by atoms with van der Waals surface area (Å²) >= 11 is 0. The molecule has 3 rings (SSSR count). The van der Waals surface area contributed by atoms with Crippen LogP contribution in [0.25, 0.3) is 0 Å². The Balaban J connectivity index is 1.78. The lowest BCUT2D eigenvalue weighted by Gasteiger charge is -2.31. The molecule has 0 bridgehead atoms. The third kappa shape index (κ3) is 6.23. The first-order valence-corrected chi connectivity index (χ1v) is 12.0. The maximum atomic E-state index is 13.2. The topological polar surface area (TPSA) is 162 Å². The van der Waals surface area contributed by atoms with E-state index in [-0.39, 0.29) is 31.9 Å². The number of hydrogen-bond acceptors (Lipinski definition) is 8. The van der Waals surface area contributed by atoms with Crippen LogP contribution < -0.4 is 0 Å². The number of aromatic nitrogens is 2. The number of benzene rings is 1. The predicted molar refractivity (Wildman–Crippen MR) is 117 cm³/mol. The van der Waals surface area contributed by atoms with Gasteiger partial charge in [-0.05, 0) is 5.56 Å². The van der Waals surface area contributed by atoms with Crippen LogP contribution in [0.2, 0.25) is 0 Å². The van der Waals surface area contributed by atoms with Gasteiger partial charge in [-0.3, -0.25) is 14.1 Å². The largest absolute Gasteiger partial charge is 0.465 e. The average molecular weight is 496 g/mol. The van der Waals surface area contributed by atoms with E-state index in [2.05, 4.69) is 10.2 Å². The highest BCUT2D eigenvalue weighted by Gasteiger charge is 2.32. The normalized spacial score (nSPS) is 13.2. The second-order valence-corrected chi connectivity index (χ2v) is 9.14. The van der Waals surface area contributed by atoms with E-state index in [1.54, 1.807) is 24.3 Å². The smallest absolute Gasteiger partial charge is 0.429 e. The van der Waals surface area contributed by atoms with Crippen LogP contribution in [0, 0.1) is 0 Å². The van der Waals surface area contributed by atoms with Gasteiger partial charge in [0.25, 0.3) is 16.0 Å². The number of nitrogens with zero attached hydrogens (tertiary/aromatic N) is 4. The number of nitrogens with one attached hydrogen (secondary N) is 1. The maximum Gasteiger partial charge on any atom is 0.429 e. The second-order valence-electron chi connectivity index (χ2n) is 7.50. The molecular weight excluding hydrogens is 470 g/mol. The summed E-state index contributed by atoms with van der Waals surface area (Å²) in [6.07, 6.45) is -0.828. The summed E-state index contributed by atoms with van der Waals surface area (Å²) in [5.41, 5.74) is 1.71. The molecule has 2 N–H and O–H groups in total. The lowest BCUT2D eigenvalue weighted by molar-refractivity contribution is -0.00698. The highest BCUT2D eigenvalue weighted by Crippen LogP contribution is 2.22. The summed E-state index contributed by atoms with van der Waals surface area (Å²) in [6.45, 7) is -0.577. The molecule has 14 heteroatoms. The molecule has 0 atom stereocenters. The van der Waals surface area contributed by atoms with E-state index in [4.69, 9.17) is 8.92 Å². The van der Waals surface area contributed by atoms with E-state index in [0.717, 1.165) is 21.2 Å². The number of hydrogen-bond donors (Lipinski definition) is 2. The summed E-state index contributed by atoms with van der Waals surface area (Å²) in [5, 5.41) is 17.9. The zero-order valence-electron chi connectivity index (χ0n) is 18.6. The number of H-pyrrole nitrogens is 1. The monoisotopic (exact) mass is 495 g/mol. The van der Waals surface area contributed by atoms with Crippen molar-refractivity contribution in [3.63, 3.8) is 0 Å². The number of aromatic amines is 1. The van der Waals surface area contributed by atoms with E-state index in [9.17, 15) is 27.9 Å². The van der Waals surface area contributed by atoms with Gasteiger partial charge in [-0.15, -0.1) is 0 Å². The van der Waals surface area contributed by atoms with Gasteiger partial charge in [-0.1, -0.05) is 30.3 Å². The van der Waals surface area contributed by atoms with Gasteiger partial charge >= 0.3 is 12.2 Å². The van der Waals surface area contributed by atoms with Crippen molar-refractivity contribution < 1.29 is 36.8 Å². The average Bonchev–Trinajstić information content (AvgIpc) is 3.22. The molecule has 1 aromatic carbocycles. The molecule has 1 aromatic heterocycles.